The van der Waals surface area contributed by atoms with E-state index in [2.05, 4.69) is 19.1 Å². The van der Waals surface area contributed by atoms with Crippen LogP contribution < -0.4 is 0 Å². The monoisotopic (exact) mass is 780 g/mol. The number of phosphoric ester groups is 1. The van der Waals surface area contributed by atoms with Crippen LogP contribution in [0.25, 0.3) is 0 Å². The van der Waals surface area contributed by atoms with E-state index < -0.39 is 75.7 Å². The fraction of sp³-hybridized carbons (Fsp3) is 0.897. The molecule has 312 valence electrons. The molecular weight excluding hydrogens is 707 g/mol. The summed E-state index contributed by atoms with van der Waals surface area (Å²) < 4.78 is 32.8. The molecule has 1 fully saturated rings. The van der Waals surface area contributed by atoms with Crippen molar-refractivity contribution in [2.24, 2.45) is 0 Å². The topological polar surface area (TPSA) is 210 Å². The van der Waals surface area contributed by atoms with Crippen LogP contribution in [-0.4, -0.2) is 98.3 Å². The number of hydrogen-bond donors (Lipinski definition) is 6. The molecule has 0 heterocycles. The molecule has 1 saturated carbocycles. The highest BCUT2D eigenvalue weighted by Crippen LogP contribution is 2.47. The number of carbonyl (C=O) groups is 2. The molecule has 6 atom stereocenters. The molecule has 0 spiro atoms. The molecule has 1 aliphatic rings. The predicted molar refractivity (Wildman–Crippen MR) is 203 cm³/mol. The van der Waals surface area contributed by atoms with Gasteiger partial charge in [0, 0.05) is 12.8 Å². The first-order chi connectivity index (χ1) is 25.4. The molecule has 53 heavy (non-hydrogen) atoms. The number of phosphoric acid groups is 1. The van der Waals surface area contributed by atoms with Crippen molar-refractivity contribution in [2.75, 3.05) is 13.2 Å². The molecule has 13 nitrogen and oxygen atoms in total. The van der Waals surface area contributed by atoms with Crippen LogP contribution in [0.3, 0.4) is 0 Å². The molecule has 6 N–H and O–H groups in total. The maximum absolute atomic E-state index is 12.6. The lowest BCUT2D eigenvalue weighted by Gasteiger charge is -2.41. The van der Waals surface area contributed by atoms with E-state index in [4.69, 9.17) is 18.5 Å². The molecule has 0 amide bonds. The first-order valence-electron chi connectivity index (χ1n) is 20.5. The fourth-order valence-corrected chi connectivity index (χ4v) is 7.23. The number of rotatable bonds is 33. The van der Waals surface area contributed by atoms with Crippen LogP contribution in [0, 0.1) is 0 Å². The van der Waals surface area contributed by atoms with E-state index in [9.17, 15) is 44.6 Å². The minimum absolute atomic E-state index is 0.0969. The van der Waals surface area contributed by atoms with Crippen LogP contribution in [0.4, 0.5) is 0 Å². The molecule has 0 radical (unpaired) electrons. The standard InChI is InChI=1S/C39H73O13P/c1-3-5-6-7-8-9-10-11-12-13-14-15-16-17-18-19-20-21-22-23-24-25-26-28-33(41)51-31(29-49-32(40)27-4-2)30-50-53(47,48)52-39-37(45)35(43)34(42)36(44)38(39)46/h13-14,31,34-39,42-46H,3-12,15-30H2,1-2H3,(H,47,48)/b14-13-. The van der Waals surface area contributed by atoms with Crippen molar-refractivity contribution >= 4 is 19.8 Å². The molecule has 1 aliphatic carbocycles. The number of unbranched alkanes of at least 4 members (excludes halogenated alkanes) is 19. The van der Waals surface area contributed by atoms with Crippen molar-refractivity contribution in [3.05, 3.63) is 12.2 Å². The summed E-state index contributed by atoms with van der Waals surface area (Å²) >= 11 is 0. The minimum atomic E-state index is -5.08. The van der Waals surface area contributed by atoms with E-state index in [0.717, 1.165) is 25.7 Å². The second kappa shape index (κ2) is 30.8. The van der Waals surface area contributed by atoms with Gasteiger partial charge in [-0.25, -0.2) is 4.57 Å². The van der Waals surface area contributed by atoms with E-state index in [0.29, 0.717) is 12.8 Å². The van der Waals surface area contributed by atoms with Crippen molar-refractivity contribution < 1.29 is 63.1 Å². The van der Waals surface area contributed by atoms with Crippen LogP contribution >= 0.6 is 7.82 Å². The molecule has 0 aliphatic heterocycles. The number of aliphatic hydroxyl groups is 5. The summed E-state index contributed by atoms with van der Waals surface area (Å²) in [6, 6.07) is 0. The SMILES string of the molecule is CCCCCCCCCC/C=C\CCCCCCCCCCCCCC(=O)OC(COC(=O)CCC)COP(=O)(O)OC1C(O)C(O)C(O)C(O)C1O. The Labute approximate surface area is 318 Å². The van der Waals surface area contributed by atoms with Crippen LogP contribution in [0.15, 0.2) is 12.2 Å². The number of allylic oxidation sites excluding steroid dienone is 2. The Morgan fingerprint density at radius 2 is 1.00 bits per heavy atom. The zero-order valence-electron chi connectivity index (χ0n) is 32.6. The van der Waals surface area contributed by atoms with Crippen LogP contribution in [0.5, 0.6) is 0 Å². The summed E-state index contributed by atoms with van der Waals surface area (Å²) in [5, 5.41) is 49.6. The van der Waals surface area contributed by atoms with Gasteiger partial charge in [0.25, 0.3) is 0 Å². The number of aliphatic hydroxyl groups excluding tert-OH is 5. The van der Waals surface area contributed by atoms with E-state index in [-0.39, 0.29) is 12.8 Å². The molecule has 0 bridgehead atoms. The normalized spacial score (nSPS) is 23.5. The highest BCUT2D eigenvalue weighted by atomic mass is 31.2. The van der Waals surface area contributed by atoms with E-state index in [1.54, 1.807) is 6.92 Å². The number of ether oxygens (including phenoxy) is 2. The maximum atomic E-state index is 12.6. The summed E-state index contributed by atoms with van der Waals surface area (Å²) in [6.45, 7) is 2.86. The zero-order chi connectivity index (χ0) is 39.3. The van der Waals surface area contributed by atoms with Crippen molar-refractivity contribution in [1.29, 1.82) is 0 Å². The number of hydrogen-bond acceptors (Lipinski definition) is 12. The largest absolute Gasteiger partial charge is 0.472 e. The number of esters is 2. The Kier molecular flexibility index (Phi) is 28.8. The van der Waals surface area contributed by atoms with Crippen molar-refractivity contribution in [2.45, 2.75) is 211 Å². The zero-order valence-corrected chi connectivity index (χ0v) is 33.5. The Morgan fingerprint density at radius 3 is 1.47 bits per heavy atom. The van der Waals surface area contributed by atoms with Crippen LogP contribution in [0.1, 0.15) is 168 Å². The maximum Gasteiger partial charge on any atom is 0.472 e. The van der Waals surface area contributed by atoms with Gasteiger partial charge in [0.15, 0.2) is 6.10 Å². The van der Waals surface area contributed by atoms with Crippen molar-refractivity contribution in [1.82, 2.24) is 0 Å². The average Bonchev–Trinajstić information content (AvgIpc) is 3.13. The summed E-state index contributed by atoms with van der Waals surface area (Å²) in [5.41, 5.74) is 0. The predicted octanol–water partition coefficient (Wildman–Crippen LogP) is 6.72. The van der Waals surface area contributed by atoms with Crippen molar-refractivity contribution in [3.8, 4) is 0 Å². The quantitative estimate of drug-likeness (QED) is 0.0177. The third-order valence-corrected chi connectivity index (χ3v) is 10.6. The van der Waals surface area contributed by atoms with E-state index in [1.165, 1.54) is 103 Å². The van der Waals surface area contributed by atoms with Gasteiger partial charge in [-0.15, -0.1) is 0 Å². The van der Waals surface area contributed by atoms with Gasteiger partial charge in [0.05, 0.1) is 6.61 Å². The van der Waals surface area contributed by atoms with Gasteiger partial charge in [-0.2, -0.15) is 0 Å². The van der Waals surface area contributed by atoms with Gasteiger partial charge in [-0.1, -0.05) is 129 Å². The first kappa shape index (κ1) is 49.6. The van der Waals surface area contributed by atoms with Gasteiger partial charge in [0.2, 0.25) is 0 Å². The smallest absolute Gasteiger partial charge is 0.462 e. The summed E-state index contributed by atoms with van der Waals surface area (Å²) in [4.78, 5) is 34.6. The molecular formula is C39H73O13P. The Morgan fingerprint density at radius 1 is 0.566 bits per heavy atom. The Hall–Kier alpha value is -1.41. The van der Waals surface area contributed by atoms with Gasteiger partial charge in [-0.05, 0) is 38.5 Å². The van der Waals surface area contributed by atoms with Gasteiger partial charge in [0.1, 0.15) is 43.2 Å². The third kappa shape index (κ3) is 24.0. The second-order valence-corrected chi connectivity index (χ2v) is 15.9. The molecule has 6 unspecified atom stereocenters. The summed E-state index contributed by atoms with van der Waals surface area (Å²) in [6.07, 6.45) is 17.9. The molecule has 0 aromatic heterocycles. The molecule has 0 aromatic carbocycles. The van der Waals surface area contributed by atoms with Gasteiger partial charge in [-0.3, -0.25) is 18.6 Å². The van der Waals surface area contributed by atoms with E-state index in [1.807, 2.05) is 0 Å². The second-order valence-electron chi connectivity index (χ2n) is 14.5. The third-order valence-electron chi connectivity index (χ3n) is 9.58. The minimum Gasteiger partial charge on any atom is -0.462 e. The molecule has 1 rings (SSSR count). The highest BCUT2D eigenvalue weighted by Gasteiger charge is 2.51. The van der Waals surface area contributed by atoms with Crippen LogP contribution in [0.2, 0.25) is 0 Å². The molecule has 0 aromatic rings. The summed E-state index contributed by atoms with van der Waals surface area (Å²) in [5.74, 6) is -1.16. The first-order valence-corrected chi connectivity index (χ1v) is 22.0. The lowest BCUT2D eigenvalue weighted by molar-refractivity contribution is -0.220. The van der Waals surface area contributed by atoms with Crippen molar-refractivity contribution in [3.63, 3.8) is 0 Å². The number of carbonyl (C=O) groups excluding carboxylic acids is 2. The Bertz CT molecular complexity index is 996. The average molecular weight is 781 g/mol. The lowest BCUT2D eigenvalue weighted by atomic mass is 9.85. The van der Waals surface area contributed by atoms with Crippen LogP contribution in [-0.2, 0) is 32.7 Å². The van der Waals surface area contributed by atoms with Gasteiger partial charge >= 0.3 is 19.8 Å². The molecule has 0 saturated heterocycles. The highest BCUT2D eigenvalue weighted by molar-refractivity contribution is 7.47. The lowest BCUT2D eigenvalue weighted by Crippen LogP contribution is -2.64. The van der Waals surface area contributed by atoms with E-state index >= 15 is 0 Å². The van der Waals surface area contributed by atoms with Gasteiger partial charge < -0.3 is 39.9 Å². The Balaban J connectivity index is 2.20. The fourth-order valence-electron chi connectivity index (χ4n) is 6.26. The molecule has 14 heteroatoms. The summed E-state index contributed by atoms with van der Waals surface area (Å²) in [7, 11) is -5.08.